The van der Waals surface area contributed by atoms with E-state index in [0.717, 1.165) is 24.3 Å². The summed E-state index contributed by atoms with van der Waals surface area (Å²) in [5.74, 6) is 1.31. The Labute approximate surface area is 155 Å². The van der Waals surface area contributed by atoms with Crippen LogP contribution in [0.3, 0.4) is 0 Å². The number of halogens is 1. The first-order valence-electron chi connectivity index (χ1n) is 7.50. The molecule has 4 nitrogen and oxygen atoms in total. The molecular formula is C18H24IN3O. The Kier molecular flexibility index (Phi) is 8.47. The van der Waals surface area contributed by atoms with Crippen molar-refractivity contribution in [2.45, 2.75) is 19.8 Å². The van der Waals surface area contributed by atoms with Gasteiger partial charge < -0.3 is 15.8 Å². The topological polar surface area (TPSA) is 59.6 Å². The van der Waals surface area contributed by atoms with Crippen LogP contribution in [-0.4, -0.2) is 19.6 Å². The van der Waals surface area contributed by atoms with E-state index in [2.05, 4.69) is 29.4 Å². The highest BCUT2D eigenvalue weighted by Gasteiger charge is 1.97. The highest BCUT2D eigenvalue weighted by atomic mass is 127. The molecule has 0 aromatic heterocycles. The lowest BCUT2D eigenvalue weighted by atomic mass is 10.1. The van der Waals surface area contributed by atoms with Crippen LogP contribution < -0.4 is 15.8 Å². The number of hydrogen-bond donors (Lipinski definition) is 2. The van der Waals surface area contributed by atoms with Gasteiger partial charge in [0.1, 0.15) is 5.75 Å². The number of hydrogen-bond acceptors (Lipinski definition) is 2. The number of ether oxygens (including phenoxy) is 1. The van der Waals surface area contributed by atoms with Gasteiger partial charge >= 0.3 is 0 Å². The summed E-state index contributed by atoms with van der Waals surface area (Å²) in [4.78, 5) is 4.35. The lowest BCUT2D eigenvalue weighted by Crippen LogP contribution is -2.23. The van der Waals surface area contributed by atoms with Crippen LogP contribution in [0.4, 0.5) is 5.69 Å². The zero-order valence-electron chi connectivity index (χ0n) is 13.6. The Morgan fingerprint density at radius 2 is 1.65 bits per heavy atom. The number of methoxy groups -OCH3 is 1. The Morgan fingerprint density at radius 1 is 1.04 bits per heavy atom. The van der Waals surface area contributed by atoms with Crippen molar-refractivity contribution < 1.29 is 4.74 Å². The van der Waals surface area contributed by atoms with Crippen LogP contribution in [0.25, 0.3) is 0 Å². The predicted octanol–water partition coefficient (Wildman–Crippen LogP) is 3.84. The maximum atomic E-state index is 5.90. The second-order valence-corrected chi connectivity index (χ2v) is 5.04. The van der Waals surface area contributed by atoms with Crippen LogP contribution in [0.1, 0.15) is 18.1 Å². The van der Waals surface area contributed by atoms with E-state index in [1.165, 1.54) is 11.1 Å². The van der Waals surface area contributed by atoms with Gasteiger partial charge in [-0.15, -0.1) is 24.0 Å². The summed E-state index contributed by atoms with van der Waals surface area (Å²) >= 11 is 0. The molecule has 0 fully saturated rings. The number of benzene rings is 2. The zero-order valence-corrected chi connectivity index (χ0v) is 15.9. The van der Waals surface area contributed by atoms with Crippen molar-refractivity contribution in [1.82, 2.24) is 0 Å². The van der Waals surface area contributed by atoms with Crippen molar-refractivity contribution in [3.63, 3.8) is 0 Å². The summed E-state index contributed by atoms with van der Waals surface area (Å²) in [7, 11) is 1.67. The first kappa shape index (κ1) is 19.3. The number of rotatable bonds is 6. The van der Waals surface area contributed by atoms with Crippen LogP contribution in [0.2, 0.25) is 0 Å². The third kappa shape index (κ3) is 6.48. The molecule has 0 aliphatic heterocycles. The molecule has 0 aliphatic rings. The molecule has 2 aromatic carbocycles. The smallest absolute Gasteiger partial charge is 0.193 e. The molecule has 124 valence electrons. The molecule has 0 atom stereocenters. The van der Waals surface area contributed by atoms with Gasteiger partial charge in [-0.25, -0.2) is 0 Å². The van der Waals surface area contributed by atoms with Crippen LogP contribution in [-0.2, 0) is 12.8 Å². The van der Waals surface area contributed by atoms with E-state index in [1.807, 2.05) is 36.4 Å². The van der Waals surface area contributed by atoms with Crippen LogP contribution in [0, 0.1) is 0 Å². The standard InChI is InChI=1S/C18H23N3O.HI/c1-3-14-4-8-16(9-5-14)21-18(19)20-13-12-15-6-10-17(22-2)11-7-15;/h4-11H,3,12-13H2,1-2H3,(H3,19,20,21);1H. The predicted molar refractivity (Wildman–Crippen MR) is 108 cm³/mol. The summed E-state index contributed by atoms with van der Waals surface area (Å²) in [6, 6.07) is 16.2. The Balaban J connectivity index is 0.00000264. The SMILES string of the molecule is CCc1ccc(NC(N)=NCCc2ccc(OC)cc2)cc1.I. The maximum absolute atomic E-state index is 5.90. The van der Waals surface area contributed by atoms with Gasteiger partial charge in [0.05, 0.1) is 7.11 Å². The monoisotopic (exact) mass is 425 g/mol. The van der Waals surface area contributed by atoms with E-state index in [1.54, 1.807) is 7.11 Å². The number of nitrogens with one attached hydrogen (secondary N) is 1. The molecule has 0 bridgehead atoms. The summed E-state index contributed by atoms with van der Waals surface area (Å²) in [5, 5.41) is 3.11. The molecule has 0 amide bonds. The van der Waals surface area contributed by atoms with E-state index in [-0.39, 0.29) is 24.0 Å². The molecule has 0 heterocycles. The third-order valence-electron chi connectivity index (χ3n) is 3.48. The molecule has 0 saturated heterocycles. The van der Waals surface area contributed by atoms with Gasteiger partial charge in [-0.05, 0) is 48.2 Å². The van der Waals surface area contributed by atoms with Crippen molar-refractivity contribution in [2.75, 3.05) is 19.0 Å². The number of nitrogens with zero attached hydrogens (tertiary/aromatic N) is 1. The van der Waals surface area contributed by atoms with E-state index in [0.29, 0.717) is 12.5 Å². The van der Waals surface area contributed by atoms with Gasteiger partial charge in [0.15, 0.2) is 5.96 Å². The number of guanidine groups is 1. The molecule has 0 unspecified atom stereocenters. The van der Waals surface area contributed by atoms with Crippen molar-refractivity contribution >= 4 is 35.6 Å². The molecular weight excluding hydrogens is 401 g/mol. The quantitative estimate of drug-likeness (QED) is 0.420. The number of aliphatic imine (C=N–C) groups is 1. The van der Waals surface area contributed by atoms with Gasteiger partial charge in [0.2, 0.25) is 0 Å². The van der Waals surface area contributed by atoms with Gasteiger partial charge in [-0.2, -0.15) is 0 Å². The highest BCUT2D eigenvalue weighted by Crippen LogP contribution is 2.12. The van der Waals surface area contributed by atoms with Crippen LogP contribution in [0.15, 0.2) is 53.5 Å². The number of aryl methyl sites for hydroxylation is 1. The highest BCUT2D eigenvalue weighted by molar-refractivity contribution is 14.0. The minimum absolute atomic E-state index is 0. The number of anilines is 1. The first-order chi connectivity index (χ1) is 10.7. The fraction of sp³-hybridized carbons (Fsp3) is 0.278. The number of nitrogens with two attached hydrogens (primary N) is 1. The second-order valence-electron chi connectivity index (χ2n) is 5.04. The third-order valence-corrected chi connectivity index (χ3v) is 3.48. The summed E-state index contributed by atoms with van der Waals surface area (Å²) in [6.07, 6.45) is 1.88. The molecule has 2 rings (SSSR count). The van der Waals surface area contributed by atoms with Crippen LogP contribution in [0.5, 0.6) is 5.75 Å². The Hall–Kier alpha value is -1.76. The molecule has 5 heteroatoms. The molecule has 0 radical (unpaired) electrons. The average molecular weight is 425 g/mol. The average Bonchev–Trinajstić information content (AvgIpc) is 2.56. The lowest BCUT2D eigenvalue weighted by molar-refractivity contribution is 0.414. The fourth-order valence-electron chi connectivity index (χ4n) is 2.11. The maximum Gasteiger partial charge on any atom is 0.193 e. The normalized spacial score (nSPS) is 10.8. The fourth-order valence-corrected chi connectivity index (χ4v) is 2.11. The van der Waals surface area contributed by atoms with Crippen molar-refractivity contribution in [2.24, 2.45) is 10.7 Å². The largest absolute Gasteiger partial charge is 0.497 e. The van der Waals surface area contributed by atoms with E-state index in [4.69, 9.17) is 10.5 Å². The lowest BCUT2D eigenvalue weighted by Gasteiger charge is -2.06. The Morgan fingerprint density at radius 3 is 2.22 bits per heavy atom. The van der Waals surface area contributed by atoms with Crippen LogP contribution >= 0.6 is 24.0 Å². The van der Waals surface area contributed by atoms with Gasteiger partial charge in [0.25, 0.3) is 0 Å². The van der Waals surface area contributed by atoms with E-state index >= 15 is 0 Å². The van der Waals surface area contributed by atoms with Gasteiger partial charge in [-0.1, -0.05) is 31.2 Å². The molecule has 2 aromatic rings. The molecule has 0 aliphatic carbocycles. The molecule has 3 N–H and O–H groups in total. The molecule has 0 saturated carbocycles. The van der Waals surface area contributed by atoms with E-state index < -0.39 is 0 Å². The van der Waals surface area contributed by atoms with Gasteiger partial charge in [-0.3, -0.25) is 4.99 Å². The zero-order chi connectivity index (χ0) is 15.8. The second kappa shape index (κ2) is 10.1. The summed E-state index contributed by atoms with van der Waals surface area (Å²) < 4.78 is 5.14. The first-order valence-corrected chi connectivity index (χ1v) is 7.50. The molecule has 23 heavy (non-hydrogen) atoms. The van der Waals surface area contributed by atoms with Crippen molar-refractivity contribution in [3.05, 3.63) is 59.7 Å². The van der Waals surface area contributed by atoms with Gasteiger partial charge in [0, 0.05) is 12.2 Å². The van der Waals surface area contributed by atoms with Crippen molar-refractivity contribution in [1.29, 1.82) is 0 Å². The minimum Gasteiger partial charge on any atom is -0.497 e. The minimum atomic E-state index is 0. The molecule has 0 spiro atoms. The summed E-state index contributed by atoms with van der Waals surface area (Å²) in [6.45, 7) is 2.79. The van der Waals surface area contributed by atoms with E-state index in [9.17, 15) is 0 Å². The van der Waals surface area contributed by atoms with Crippen molar-refractivity contribution in [3.8, 4) is 5.75 Å². The summed E-state index contributed by atoms with van der Waals surface area (Å²) in [5.41, 5.74) is 9.38. The Bertz CT molecular complexity index is 609.